The first-order valence-corrected chi connectivity index (χ1v) is 10.9. The van der Waals surface area contributed by atoms with E-state index in [1.165, 1.54) is 22.5 Å². The van der Waals surface area contributed by atoms with Crippen molar-refractivity contribution in [3.8, 4) is 11.5 Å². The monoisotopic (exact) mass is 445 g/mol. The molecule has 1 aliphatic heterocycles. The van der Waals surface area contributed by atoms with Gasteiger partial charge in [0.2, 0.25) is 5.91 Å². The molecule has 2 heterocycles. The van der Waals surface area contributed by atoms with Crippen LogP contribution in [0.15, 0.2) is 87.5 Å². The Morgan fingerprint density at radius 3 is 2.53 bits per heavy atom. The number of aromatic nitrogens is 2. The van der Waals surface area contributed by atoms with Gasteiger partial charge in [-0.15, -0.1) is 0 Å². The number of fused-ring (bicyclic) bond motifs is 2. The van der Waals surface area contributed by atoms with E-state index < -0.39 is 0 Å². The van der Waals surface area contributed by atoms with Crippen LogP contribution < -0.4 is 20.3 Å². The molecule has 0 bridgehead atoms. The van der Waals surface area contributed by atoms with E-state index in [9.17, 15) is 9.59 Å². The molecule has 32 heavy (non-hydrogen) atoms. The number of ether oxygens (including phenoxy) is 2. The van der Waals surface area contributed by atoms with Crippen molar-refractivity contribution >= 4 is 34.4 Å². The number of para-hydroxylation sites is 2. The average Bonchev–Trinajstić information content (AvgIpc) is 2.82. The Morgan fingerprint density at radius 1 is 1.00 bits per heavy atom. The van der Waals surface area contributed by atoms with Crippen LogP contribution in [0.25, 0.3) is 11.0 Å². The van der Waals surface area contributed by atoms with Gasteiger partial charge >= 0.3 is 0 Å². The molecule has 0 fully saturated rings. The summed E-state index contributed by atoms with van der Waals surface area (Å²) in [5.74, 6) is 0.898. The molecule has 160 valence electrons. The number of hydrogen-bond acceptors (Lipinski definition) is 6. The van der Waals surface area contributed by atoms with E-state index in [4.69, 9.17) is 9.47 Å². The van der Waals surface area contributed by atoms with Gasteiger partial charge in [0.05, 0.1) is 22.9 Å². The summed E-state index contributed by atoms with van der Waals surface area (Å²) in [4.78, 5) is 31.4. The van der Waals surface area contributed by atoms with Crippen molar-refractivity contribution in [3.63, 3.8) is 0 Å². The molecule has 0 atom stereocenters. The lowest BCUT2D eigenvalue weighted by atomic mass is 10.2. The van der Waals surface area contributed by atoms with E-state index in [1.807, 2.05) is 48.5 Å². The van der Waals surface area contributed by atoms with Crippen molar-refractivity contribution in [2.24, 2.45) is 0 Å². The van der Waals surface area contributed by atoms with Gasteiger partial charge in [-0.1, -0.05) is 42.1 Å². The summed E-state index contributed by atoms with van der Waals surface area (Å²) in [6, 6.07) is 20.7. The number of rotatable bonds is 5. The van der Waals surface area contributed by atoms with Gasteiger partial charge in [-0.2, -0.15) is 0 Å². The molecule has 0 aliphatic carbocycles. The Morgan fingerprint density at radius 2 is 1.72 bits per heavy atom. The third-order valence-corrected chi connectivity index (χ3v) is 6.01. The summed E-state index contributed by atoms with van der Waals surface area (Å²) in [5, 5.41) is 2.95. The van der Waals surface area contributed by atoms with Crippen molar-refractivity contribution in [1.82, 2.24) is 9.55 Å². The predicted octanol–water partition coefficient (Wildman–Crippen LogP) is 3.96. The Balaban J connectivity index is 1.46. The lowest BCUT2D eigenvalue weighted by Gasteiger charge is -2.21. The number of nitrogens with one attached hydrogen (secondary N) is 1. The minimum absolute atomic E-state index is 0.133. The molecule has 0 radical (unpaired) electrons. The first-order valence-electron chi connectivity index (χ1n) is 10.1. The number of nitrogens with zero attached hydrogens (tertiary/aromatic N) is 2. The van der Waals surface area contributed by atoms with Gasteiger partial charge in [-0.25, -0.2) is 4.98 Å². The molecule has 3 aromatic carbocycles. The van der Waals surface area contributed by atoms with Crippen molar-refractivity contribution in [3.05, 3.63) is 83.3 Å². The molecule has 0 spiro atoms. The Hall–Kier alpha value is -3.78. The maximum absolute atomic E-state index is 13.0. The third-order valence-electron chi connectivity index (χ3n) is 4.94. The second-order valence-corrected chi connectivity index (χ2v) is 8.24. The van der Waals surface area contributed by atoms with E-state index in [2.05, 4.69) is 10.3 Å². The van der Waals surface area contributed by atoms with Gasteiger partial charge in [0.25, 0.3) is 5.56 Å². The zero-order valence-corrected chi connectivity index (χ0v) is 17.8. The number of benzene rings is 3. The van der Waals surface area contributed by atoms with Crippen LogP contribution in [0.1, 0.15) is 0 Å². The van der Waals surface area contributed by atoms with Gasteiger partial charge < -0.3 is 14.8 Å². The second kappa shape index (κ2) is 8.76. The fraction of sp³-hybridized carbons (Fsp3) is 0.125. The maximum Gasteiger partial charge on any atom is 0.269 e. The van der Waals surface area contributed by atoms with Crippen molar-refractivity contribution in [2.75, 3.05) is 18.5 Å². The third kappa shape index (κ3) is 4.17. The van der Waals surface area contributed by atoms with Crippen LogP contribution in [-0.2, 0) is 11.3 Å². The van der Waals surface area contributed by atoms with Gasteiger partial charge in [0, 0.05) is 21.9 Å². The van der Waals surface area contributed by atoms with E-state index in [1.54, 1.807) is 18.2 Å². The van der Waals surface area contributed by atoms with Crippen LogP contribution in [-0.4, -0.2) is 28.7 Å². The lowest BCUT2D eigenvalue weighted by Crippen LogP contribution is -2.28. The quantitative estimate of drug-likeness (QED) is 0.501. The van der Waals surface area contributed by atoms with Crippen molar-refractivity contribution < 1.29 is 14.3 Å². The average molecular weight is 446 g/mol. The Bertz CT molecular complexity index is 1350. The van der Waals surface area contributed by atoms with Crippen LogP contribution in [0.4, 0.5) is 5.69 Å². The van der Waals surface area contributed by atoms with Crippen LogP contribution >= 0.6 is 11.8 Å². The molecule has 1 aliphatic rings. The highest BCUT2D eigenvalue weighted by Gasteiger charge is 2.19. The standard InChI is InChI=1S/C24H19N3O4S/c28-23(15-27-19-9-5-4-8-17(19)25-14-24(27)29)26-18-12-20-21(31-11-10-30-20)13-22(18)32-16-6-2-1-3-7-16/h1-9,12-14H,10-11,15H2,(H,26,28). The summed E-state index contributed by atoms with van der Waals surface area (Å²) in [7, 11) is 0. The highest BCUT2D eigenvalue weighted by molar-refractivity contribution is 7.99. The normalized spacial score (nSPS) is 12.5. The molecule has 8 heteroatoms. The van der Waals surface area contributed by atoms with E-state index >= 15 is 0 Å². The molecule has 4 aromatic rings. The second-order valence-electron chi connectivity index (χ2n) is 7.13. The fourth-order valence-corrected chi connectivity index (χ4v) is 4.41. The molecule has 0 saturated heterocycles. The van der Waals surface area contributed by atoms with Gasteiger partial charge in [-0.05, 0) is 24.3 Å². The predicted molar refractivity (Wildman–Crippen MR) is 123 cm³/mol. The smallest absolute Gasteiger partial charge is 0.269 e. The molecule has 0 saturated carbocycles. The topological polar surface area (TPSA) is 82.5 Å². The minimum atomic E-state index is -0.333. The lowest BCUT2D eigenvalue weighted by molar-refractivity contribution is -0.116. The number of hydrogen-bond donors (Lipinski definition) is 1. The van der Waals surface area contributed by atoms with Crippen LogP contribution in [0.2, 0.25) is 0 Å². The summed E-state index contributed by atoms with van der Waals surface area (Å²) in [5.41, 5.74) is 1.52. The van der Waals surface area contributed by atoms with Crippen LogP contribution in [0, 0.1) is 0 Å². The fourth-order valence-electron chi connectivity index (χ4n) is 3.48. The molecule has 1 N–H and O–H groups in total. The molecule has 7 nitrogen and oxygen atoms in total. The number of amides is 1. The van der Waals surface area contributed by atoms with Crippen molar-refractivity contribution in [2.45, 2.75) is 16.3 Å². The van der Waals surface area contributed by atoms with Gasteiger partial charge in [0.1, 0.15) is 19.8 Å². The first-order chi connectivity index (χ1) is 15.7. The molecule has 1 aromatic heterocycles. The summed E-state index contributed by atoms with van der Waals surface area (Å²) in [6.45, 7) is 0.794. The van der Waals surface area contributed by atoms with Crippen LogP contribution in [0.3, 0.4) is 0 Å². The zero-order chi connectivity index (χ0) is 21.9. The first kappa shape index (κ1) is 20.1. The molecule has 1 amide bonds. The van der Waals surface area contributed by atoms with Crippen LogP contribution in [0.5, 0.6) is 11.5 Å². The van der Waals surface area contributed by atoms with Gasteiger partial charge in [0.15, 0.2) is 11.5 Å². The minimum Gasteiger partial charge on any atom is -0.486 e. The zero-order valence-electron chi connectivity index (χ0n) is 17.0. The summed E-state index contributed by atoms with van der Waals surface area (Å²) >= 11 is 1.51. The van der Waals surface area contributed by atoms with E-state index in [0.29, 0.717) is 41.4 Å². The Kier molecular flexibility index (Phi) is 5.51. The highest BCUT2D eigenvalue weighted by Crippen LogP contribution is 2.42. The van der Waals surface area contributed by atoms with Gasteiger partial charge in [-0.3, -0.25) is 14.2 Å². The Labute approximate surface area is 188 Å². The molecule has 0 unspecified atom stereocenters. The maximum atomic E-state index is 13.0. The highest BCUT2D eigenvalue weighted by atomic mass is 32.2. The van der Waals surface area contributed by atoms with E-state index in [0.717, 1.165) is 9.79 Å². The van der Waals surface area contributed by atoms with E-state index in [-0.39, 0.29) is 18.0 Å². The number of anilines is 1. The summed E-state index contributed by atoms with van der Waals surface area (Å²) in [6.07, 6.45) is 1.23. The summed E-state index contributed by atoms with van der Waals surface area (Å²) < 4.78 is 12.8. The number of carbonyl (C=O) groups is 1. The SMILES string of the molecule is O=C(Cn1c(=O)cnc2ccccc21)Nc1cc2c(cc1Sc1ccccc1)OCCO2. The molecular weight excluding hydrogens is 426 g/mol. The molecule has 5 rings (SSSR count). The number of carbonyl (C=O) groups excluding carboxylic acids is 1. The largest absolute Gasteiger partial charge is 0.486 e. The van der Waals surface area contributed by atoms with Crippen molar-refractivity contribution in [1.29, 1.82) is 0 Å². The molecular formula is C24H19N3O4S.